The van der Waals surface area contributed by atoms with Crippen LogP contribution in [-0.4, -0.2) is 24.9 Å². The highest BCUT2D eigenvalue weighted by molar-refractivity contribution is 5.66. The molecule has 0 fully saturated rings. The molecule has 0 aliphatic heterocycles. The van der Waals surface area contributed by atoms with Gasteiger partial charge in [-0.1, -0.05) is 90.0 Å². The van der Waals surface area contributed by atoms with E-state index in [1.807, 2.05) is 54.6 Å². The molecule has 5 nitrogen and oxygen atoms in total. The Morgan fingerprint density at radius 1 is 0.438 bits per heavy atom. The van der Waals surface area contributed by atoms with Crippen LogP contribution in [0.15, 0.2) is 91.3 Å². The third-order valence-corrected chi connectivity index (χ3v) is 5.21. The molecule has 3 aromatic carbocycles. The standard InChI is InChI=1S/C27H21N5/c1-18-8-12-21(13-9-18)25-30-26(22-14-10-19(2)11-15-22)32-27(31-25)24-17-28-23(16-29-24)20-6-4-3-5-7-20/h3-17H,1-2H3. The number of hydrogen-bond acceptors (Lipinski definition) is 5. The van der Waals surface area contributed by atoms with Crippen LogP contribution in [0, 0.1) is 13.8 Å². The lowest BCUT2D eigenvalue weighted by molar-refractivity contribution is 1.05. The maximum absolute atomic E-state index is 4.75. The normalized spacial score (nSPS) is 10.8. The predicted octanol–water partition coefficient (Wildman–Crippen LogP) is 5.95. The van der Waals surface area contributed by atoms with Gasteiger partial charge in [-0.2, -0.15) is 0 Å². The van der Waals surface area contributed by atoms with E-state index in [0.29, 0.717) is 23.2 Å². The minimum absolute atomic E-state index is 0.498. The molecule has 154 valence electrons. The smallest absolute Gasteiger partial charge is 0.184 e. The van der Waals surface area contributed by atoms with E-state index in [4.69, 9.17) is 15.0 Å². The van der Waals surface area contributed by atoms with Crippen molar-refractivity contribution < 1.29 is 0 Å². The lowest BCUT2D eigenvalue weighted by Gasteiger charge is -2.08. The summed E-state index contributed by atoms with van der Waals surface area (Å²) in [6.07, 6.45) is 3.47. The average molecular weight is 416 g/mol. The van der Waals surface area contributed by atoms with Crippen molar-refractivity contribution in [3.8, 4) is 45.6 Å². The Morgan fingerprint density at radius 2 is 0.906 bits per heavy atom. The summed E-state index contributed by atoms with van der Waals surface area (Å²) in [5, 5.41) is 0. The van der Waals surface area contributed by atoms with Crippen molar-refractivity contribution in [2.24, 2.45) is 0 Å². The molecule has 2 heterocycles. The predicted molar refractivity (Wildman–Crippen MR) is 127 cm³/mol. The van der Waals surface area contributed by atoms with Gasteiger partial charge in [0, 0.05) is 16.7 Å². The molecule has 0 radical (unpaired) electrons. The van der Waals surface area contributed by atoms with E-state index >= 15 is 0 Å². The van der Waals surface area contributed by atoms with Gasteiger partial charge in [0.05, 0.1) is 18.1 Å². The first kappa shape index (κ1) is 19.7. The molecule has 0 saturated heterocycles. The zero-order valence-corrected chi connectivity index (χ0v) is 17.9. The van der Waals surface area contributed by atoms with Gasteiger partial charge in [0.1, 0.15) is 5.69 Å². The first-order valence-corrected chi connectivity index (χ1v) is 10.4. The van der Waals surface area contributed by atoms with E-state index in [0.717, 1.165) is 22.4 Å². The number of benzene rings is 3. The van der Waals surface area contributed by atoms with Crippen LogP contribution in [0.3, 0.4) is 0 Å². The van der Waals surface area contributed by atoms with Gasteiger partial charge >= 0.3 is 0 Å². The number of aryl methyl sites for hydroxylation is 2. The van der Waals surface area contributed by atoms with Gasteiger partial charge in [-0.05, 0) is 13.8 Å². The monoisotopic (exact) mass is 415 g/mol. The molecule has 0 unspecified atom stereocenters. The maximum Gasteiger partial charge on any atom is 0.184 e. The Kier molecular flexibility index (Phi) is 5.22. The topological polar surface area (TPSA) is 64.5 Å². The molecule has 0 bridgehead atoms. The van der Waals surface area contributed by atoms with Gasteiger partial charge in [0.15, 0.2) is 17.5 Å². The molecule has 5 rings (SSSR count). The van der Waals surface area contributed by atoms with Crippen LogP contribution in [0.5, 0.6) is 0 Å². The van der Waals surface area contributed by atoms with Gasteiger partial charge in [-0.25, -0.2) is 19.9 Å². The van der Waals surface area contributed by atoms with Crippen molar-refractivity contribution in [1.82, 2.24) is 24.9 Å². The molecular formula is C27H21N5. The Balaban J connectivity index is 1.60. The van der Waals surface area contributed by atoms with Gasteiger partial charge in [-0.15, -0.1) is 0 Å². The molecule has 0 aliphatic rings. The highest BCUT2D eigenvalue weighted by atomic mass is 15.0. The molecule has 2 aromatic heterocycles. The van der Waals surface area contributed by atoms with Crippen LogP contribution in [0.2, 0.25) is 0 Å². The second-order valence-electron chi connectivity index (χ2n) is 7.69. The highest BCUT2D eigenvalue weighted by Crippen LogP contribution is 2.25. The first-order valence-electron chi connectivity index (χ1n) is 10.4. The second-order valence-corrected chi connectivity index (χ2v) is 7.69. The van der Waals surface area contributed by atoms with Crippen LogP contribution >= 0.6 is 0 Å². The number of nitrogens with zero attached hydrogens (tertiary/aromatic N) is 5. The minimum Gasteiger partial charge on any atom is -0.252 e. The van der Waals surface area contributed by atoms with E-state index < -0.39 is 0 Å². The second kappa shape index (κ2) is 8.47. The quantitative estimate of drug-likeness (QED) is 0.363. The van der Waals surface area contributed by atoms with Gasteiger partial charge in [0.2, 0.25) is 0 Å². The Morgan fingerprint density at radius 3 is 1.41 bits per heavy atom. The van der Waals surface area contributed by atoms with Crippen molar-refractivity contribution in [3.63, 3.8) is 0 Å². The summed E-state index contributed by atoms with van der Waals surface area (Å²) >= 11 is 0. The average Bonchev–Trinajstić information content (AvgIpc) is 2.85. The van der Waals surface area contributed by atoms with Crippen LogP contribution in [0.1, 0.15) is 11.1 Å². The van der Waals surface area contributed by atoms with Crippen LogP contribution < -0.4 is 0 Å². The van der Waals surface area contributed by atoms with Crippen LogP contribution in [0.25, 0.3) is 45.6 Å². The maximum atomic E-state index is 4.75. The largest absolute Gasteiger partial charge is 0.252 e. The van der Waals surface area contributed by atoms with Gasteiger partial charge in [0.25, 0.3) is 0 Å². The molecule has 0 spiro atoms. The SMILES string of the molecule is Cc1ccc(-c2nc(-c3ccc(C)cc3)nc(-c3cnc(-c4ccccc4)cn3)n2)cc1. The van der Waals surface area contributed by atoms with Crippen molar-refractivity contribution in [2.75, 3.05) is 0 Å². The van der Waals surface area contributed by atoms with Crippen molar-refractivity contribution in [2.45, 2.75) is 13.8 Å². The fraction of sp³-hybridized carbons (Fsp3) is 0.0741. The molecule has 5 aromatic rings. The summed E-state index contributed by atoms with van der Waals surface area (Å²) in [5.41, 5.74) is 6.66. The zero-order chi connectivity index (χ0) is 21.9. The van der Waals surface area contributed by atoms with E-state index in [1.54, 1.807) is 12.4 Å². The summed E-state index contributed by atoms with van der Waals surface area (Å²) in [6.45, 7) is 4.12. The number of rotatable bonds is 4. The van der Waals surface area contributed by atoms with Gasteiger partial charge < -0.3 is 0 Å². The Labute approximate surface area is 186 Å². The van der Waals surface area contributed by atoms with Crippen molar-refractivity contribution >= 4 is 0 Å². The third-order valence-electron chi connectivity index (χ3n) is 5.21. The molecule has 5 heteroatoms. The van der Waals surface area contributed by atoms with E-state index in [2.05, 4.69) is 48.1 Å². The van der Waals surface area contributed by atoms with Crippen LogP contribution in [0.4, 0.5) is 0 Å². The Hall–Kier alpha value is -4.25. The van der Waals surface area contributed by atoms with Crippen molar-refractivity contribution in [1.29, 1.82) is 0 Å². The molecule has 0 saturated carbocycles. The summed E-state index contributed by atoms with van der Waals surface area (Å²) in [4.78, 5) is 23.4. The minimum atomic E-state index is 0.498. The fourth-order valence-corrected chi connectivity index (χ4v) is 3.36. The molecular weight excluding hydrogens is 394 g/mol. The fourth-order valence-electron chi connectivity index (χ4n) is 3.36. The number of aromatic nitrogens is 5. The van der Waals surface area contributed by atoms with E-state index in [9.17, 15) is 0 Å². The van der Waals surface area contributed by atoms with E-state index in [1.165, 1.54) is 11.1 Å². The summed E-state index contributed by atoms with van der Waals surface area (Å²) < 4.78 is 0. The summed E-state index contributed by atoms with van der Waals surface area (Å²) in [5.74, 6) is 1.72. The Bertz CT molecular complexity index is 1280. The summed E-state index contributed by atoms with van der Waals surface area (Å²) in [7, 11) is 0. The molecule has 0 N–H and O–H groups in total. The molecule has 32 heavy (non-hydrogen) atoms. The lowest BCUT2D eigenvalue weighted by Crippen LogP contribution is -2.01. The highest BCUT2D eigenvalue weighted by Gasteiger charge is 2.13. The van der Waals surface area contributed by atoms with E-state index in [-0.39, 0.29) is 0 Å². The number of hydrogen-bond donors (Lipinski definition) is 0. The van der Waals surface area contributed by atoms with Crippen LogP contribution in [-0.2, 0) is 0 Å². The molecule has 0 atom stereocenters. The zero-order valence-electron chi connectivity index (χ0n) is 17.9. The first-order chi connectivity index (χ1) is 15.7. The molecule has 0 amide bonds. The lowest BCUT2D eigenvalue weighted by atomic mass is 10.1. The van der Waals surface area contributed by atoms with Gasteiger partial charge in [-0.3, -0.25) is 4.98 Å². The van der Waals surface area contributed by atoms with Crippen molar-refractivity contribution in [3.05, 3.63) is 102 Å². The third kappa shape index (κ3) is 4.14. The molecule has 0 aliphatic carbocycles. The summed E-state index contributed by atoms with van der Waals surface area (Å²) in [6, 6.07) is 26.3.